The van der Waals surface area contributed by atoms with E-state index in [4.69, 9.17) is 9.97 Å². The van der Waals surface area contributed by atoms with Crippen LogP contribution in [0.15, 0.2) is 48.8 Å². The highest BCUT2D eigenvalue weighted by molar-refractivity contribution is 5.90. The zero-order valence-corrected chi connectivity index (χ0v) is 12.4. The van der Waals surface area contributed by atoms with Gasteiger partial charge in [-0.25, -0.2) is 9.97 Å². The van der Waals surface area contributed by atoms with Crippen LogP contribution < -0.4 is 5.32 Å². The summed E-state index contributed by atoms with van der Waals surface area (Å²) in [6, 6.07) is 12.1. The smallest absolute Gasteiger partial charge is 0.142 e. The van der Waals surface area contributed by atoms with Gasteiger partial charge in [-0.2, -0.15) is 0 Å². The lowest BCUT2D eigenvalue weighted by atomic mass is 10.1. The van der Waals surface area contributed by atoms with Crippen molar-refractivity contribution in [3.8, 4) is 0 Å². The average molecular weight is 290 g/mol. The molecule has 4 rings (SSSR count). The fraction of sp³-hybridized carbons (Fsp3) is 0.278. The van der Waals surface area contributed by atoms with Crippen molar-refractivity contribution in [1.29, 1.82) is 0 Å². The third-order valence-corrected chi connectivity index (χ3v) is 4.28. The van der Waals surface area contributed by atoms with Crippen LogP contribution in [0.1, 0.15) is 37.4 Å². The van der Waals surface area contributed by atoms with Crippen molar-refractivity contribution in [2.45, 2.75) is 31.6 Å². The molecule has 1 aliphatic carbocycles. The van der Waals surface area contributed by atoms with Crippen LogP contribution in [0.5, 0.6) is 0 Å². The van der Waals surface area contributed by atoms with Gasteiger partial charge in [0.05, 0.1) is 5.52 Å². The zero-order valence-electron chi connectivity index (χ0n) is 12.4. The van der Waals surface area contributed by atoms with Gasteiger partial charge < -0.3 is 5.32 Å². The number of rotatable bonds is 3. The van der Waals surface area contributed by atoms with Crippen LogP contribution in [0, 0.1) is 0 Å². The van der Waals surface area contributed by atoms with E-state index in [1.54, 1.807) is 12.4 Å². The number of aromatic nitrogens is 3. The molecule has 0 atom stereocenters. The number of hydrogen-bond donors (Lipinski definition) is 1. The van der Waals surface area contributed by atoms with Crippen LogP contribution in [0.3, 0.4) is 0 Å². The van der Waals surface area contributed by atoms with Crippen molar-refractivity contribution in [3.63, 3.8) is 0 Å². The van der Waals surface area contributed by atoms with E-state index in [2.05, 4.69) is 22.4 Å². The SMILES string of the molecule is c1ccc2c(Nc3ccncc3)nc(C3CCCC3)nc2c1. The highest BCUT2D eigenvalue weighted by Crippen LogP contribution is 2.34. The van der Waals surface area contributed by atoms with Gasteiger partial charge in [-0.1, -0.05) is 25.0 Å². The average Bonchev–Trinajstić information content (AvgIpc) is 3.10. The molecule has 2 aromatic heterocycles. The minimum atomic E-state index is 0.502. The van der Waals surface area contributed by atoms with Gasteiger partial charge in [0.2, 0.25) is 0 Å². The Morgan fingerprint density at radius 3 is 2.50 bits per heavy atom. The summed E-state index contributed by atoms with van der Waals surface area (Å²) in [5, 5.41) is 4.48. The molecule has 0 bridgehead atoms. The number of hydrogen-bond acceptors (Lipinski definition) is 4. The second-order valence-corrected chi connectivity index (χ2v) is 5.79. The highest BCUT2D eigenvalue weighted by Gasteiger charge is 2.21. The van der Waals surface area contributed by atoms with Crippen molar-refractivity contribution in [1.82, 2.24) is 15.0 Å². The van der Waals surface area contributed by atoms with Gasteiger partial charge in [-0.3, -0.25) is 4.98 Å². The van der Waals surface area contributed by atoms with E-state index in [-0.39, 0.29) is 0 Å². The van der Waals surface area contributed by atoms with Gasteiger partial charge in [0.15, 0.2) is 0 Å². The number of nitrogens with one attached hydrogen (secondary N) is 1. The molecule has 1 fully saturated rings. The molecule has 0 spiro atoms. The first kappa shape index (κ1) is 13.2. The van der Waals surface area contributed by atoms with Crippen molar-refractivity contribution in [3.05, 3.63) is 54.6 Å². The minimum Gasteiger partial charge on any atom is -0.340 e. The van der Waals surface area contributed by atoms with E-state index in [0.29, 0.717) is 5.92 Å². The first-order chi connectivity index (χ1) is 10.9. The van der Waals surface area contributed by atoms with E-state index >= 15 is 0 Å². The lowest BCUT2D eigenvalue weighted by Gasteiger charge is -2.13. The van der Waals surface area contributed by atoms with Crippen LogP contribution >= 0.6 is 0 Å². The molecule has 1 N–H and O–H groups in total. The third-order valence-electron chi connectivity index (χ3n) is 4.28. The molecule has 3 aromatic rings. The second kappa shape index (κ2) is 5.72. The maximum atomic E-state index is 4.84. The zero-order chi connectivity index (χ0) is 14.8. The molecule has 22 heavy (non-hydrogen) atoms. The molecule has 1 aliphatic rings. The summed E-state index contributed by atoms with van der Waals surface area (Å²) in [6.07, 6.45) is 8.54. The highest BCUT2D eigenvalue weighted by atomic mass is 15.0. The number of benzene rings is 1. The first-order valence-corrected chi connectivity index (χ1v) is 7.84. The Morgan fingerprint density at radius 2 is 1.68 bits per heavy atom. The molecule has 2 heterocycles. The van der Waals surface area contributed by atoms with Gasteiger partial charge >= 0.3 is 0 Å². The van der Waals surface area contributed by atoms with E-state index in [9.17, 15) is 0 Å². The normalized spacial score (nSPS) is 15.3. The first-order valence-electron chi connectivity index (χ1n) is 7.84. The lowest BCUT2D eigenvalue weighted by Crippen LogP contribution is -2.05. The maximum absolute atomic E-state index is 4.84. The van der Waals surface area contributed by atoms with Gasteiger partial charge in [-0.15, -0.1) is 0 Å². The number of para-hydroxylation sites is 1. The van der Waals surface area contributed by atoms with Crippen molar-refractivity contribution >= 4 is 22.4 Å². The van der Waals surface area contributed by atoms with Gasteiger partial charge in [0, 0.05) is 29.4 Å². The summed E-state index contributed by atoms with van der Waals surface area (Å²) < 4.78 is 0. The fourth-order valence-corrected chi connectivity index (χ4v) is 3.13. The molecule has 0 saturated heterocycles. The molecule has 4 heteroatoms. The Kier molecular flexibility index (Phi) is 3.43. The summed E-state index contributed by atoms with van der Waals surface area (Å²) in [5.74, 6) is 2.37. The predicted octanol–water partition coefficient (Wildman–Crippen LogP) is 4.43. The molecule has 0 radical (unpaired) electrons. The summed E-state index contributed by atoms with van der Waals surface area (Å²) >= 11 is 0. The summed E-state index contributed by atoms with van der Waals surface area (Å²) in [4.78, 5) is 13.7. The third kappa shape index (κ3) is 2.52. The Morgan fingerprint density at radius 1 is 0.909 bits per heavy atom. The number of pyridine rings is 1. The van der Waals surface area contributed by atoms with Crippen LogP contribution in [-0.4, -0.2) is 15.0 Å². The lowest BCUT2D eigenvalue weighted by molar-refractivity contribution is 0.673. The van der Waals surface area contributed by atoms with Crippen molar-refractivity contribution < 1.29 is 0 Å². The Bertz CT molecular complexity index is 779. The molecule has 1 saturated carbocycles. The summed E-state index contributed by atoms with van der Waals surface area (Å²) in [6.45, 7) is 0. The Labute approximate surface area is 129 Å². The van der Waals surface area contributed by atoms with Gasteiger partial charge in [0.1, 0.15) is 11.6 Å². The monoisotopic (exact) mass is 290 g/mol. The standard InChI is InChI=1S/C18H18N4/c1-2-6-13(5-1)17-21-16-8-4-3-7-15(16)18(22-17)20-14-9-11-19-12-10-14/h3-4,7-13H,1-2,5-6H2,(H,19,20,21,22). The van der Waals surface area contributed by atoms with Crippen LogP contribution in [0.4, 0.5) is 11.5 Å². The Hall–Kier alpha value is -2.49. The number of fused-ring (bicyclic) bond motifs is 1. The Balaban J connectivity index is 1.80. The molecule has 0 aliphatic heterocycles. The topological polar surface area (TPSA) is 50.7 Å². The molecule has 4 nitrogen and oxygen atoms in total. The van der Waals surface area contributed by atoms with E-state index in [0.717, 1.165) is 28.2 Å². The van der Waals surface area contributed by atoms with Crippen molar-refractivity contribution in [2.24, 2.45) is 0 Å². The molecular weight excluding hydrogens is 272 g/mol. The predicted molar refractivity (Wildman–Crippen MR) is 88.3 cm³/mol. The number of anilines is 2. The van der Waals surface area contributed by atoms with Gasteiger partial charge in [-0.05, 0) is 37.1 Å². The molecule has 0 amide bonds. The van der Waals surface area contributed by atoms with Crippen molar-refractivity contribution in [2.75, 3.05) is 5.32 Å². The minimum absolute atomic E-state index is 0.502. The molecule has 0 unspecified atom stereocenters. The van der Waals surface area contributed by atoms with Crippen LogP contribution in [0.2, 0.25) is 0 Å². The maximum Gasteiger partial charge on any atom is 0.142 e. The summed E-state index contributed by atoms with van der Waals surface area (Å²) in [7, 11) is 0. The number of nitrogens with zero attached hydrogens (tertiary/aromatic N) is 3. The van der Waals surface area contributed by atoms with E-state index in [1.807, 2.05) is 24.3 Å². The quantitative estimate of drug-likeness (QED) is 0.775. The van der Waals surface area contributed by atoms with Gasteiger partial charge in [0.25, 0.3) is 0 Å². The fourth-order valence-electron chi connectivity index (χ4n) is 3.13. The molecular formula is C18H18N4. The molecule has 1 aromatic carbocycles. The second-order valence-electron chi connectivity index (χ2n) is 5.79. The molecule has 110 valence electrons. The van der Waals surface area contributed by atoms with Crippen LogP contribution in [-0.2, 0) is 0 Å². The van der Waals surface area contributed by atoms with Crippen LogP contribution in [0.25, 0.3) is 10.9 Å². The largest absolute Gasteiger partial charge is 0.340 e. The summed E-state index contributed by atoms with van der Waals surface area (Å²) in [5.41, 5.74) is 2.01. The van der Waals surface area contributed by atoms with E-state index < -0.39 is 0 Å². The van der Waals surface area contributed by atoms with E-state index in [1.165, 1.54) is 25.7 Å².